The molecule has 0 bridgehead atoms. The quantitative estimate of drug-likeness (QED) is 0.0320. The molecule has 0 saturated heterocycles. The number of hydrogen-bond acceptors (Lipinski definition) is 5. The number of allylic oxidation sites excluding steroid dienone is 6. The third-order valence-electron chi connectivity index (χ3n) is 17.4. The SMILES string of the molecule is CCCCC/C=C\C/C=C\CCCCCCCCCC(=O)OCCCCCCCCCCCCCC/C=C\CCCCCCCCCCCCCCCCCCC(=O)NC(CO)C(O)CCCCCCCCCCCCCCCCCC. The van der Waals surface area contributed by atoms with E-state index < -0.39 is 12.1 Å². The molecule has 0 aliphatic rings. The molecular weight excluding hydrogens is 1010 g/mol. The van der Waals surface area contributed by atoms with E-state index in [2.05, 4.69) is 55.6 Å². The van der Waals surface area contributed by atoms with Crippen LogP contribution < -0.4 is 5.32 Å². The van der Waals surface area contributed by atoms with Crippen LogP contribution in [0.3, 0.4) is 0 Å². The first-order chi connectivity index (χ1) is 40.5. The molecule has 0 rings (SSSR count). The third kappa shape index (κ3) is 67.2. The lowest BCUT2D eigenvalue weighted by molar-refractivity contribution is -0.143. The smallest absolute Gasteiger partial charge is 0.305 e. The van der Waals surface area contributed by atoms with Gasteiger partial charge >= 0.3 is 5.97 Å². The standard InChI is InChI=1S/C76H145NO5/c1-3-5-7-9-11-13-15-17-19-37-42-46-50-54-58-62-66-70-76(81)82-71-67-63-59-55-51-47-43-39-36-34-32-30-28-26-24-22-21-23-25-27-29-31-33-35-38-41-45-49-53-57-61-65-69-75(80)77-73(72-78)74(79)68-64-60-56-52-48-44-40-20-18-16-14-12-10-8-6-4-2/h11,13,17,19,24,26,73-74,78-79H,3-10,12,14-16,18,20-23,25,27-72H2,1-2H3,(H,77,80)/b13-11-,19-17-,26-24-. The highest BCUT2D eigenvalue weighted by molar-refractivity contribution is 5.76. The molecule has 484 valence electrons. The zero-order valence-electron chi connectivity index (χ0n) is 55.5. The zero-order valence-corrected chi connectivity index (χ0v) is 55.5. The topological polar surface area (TPSA) is 95.9 Å². The molecule has 2 atom stereocenters. The van der Waals surface area contributed by atoms with Gasteiger partial charge < -0.3 is 20.3 Å². The number of hydrogen-bond donors (Lipinski definition) is 3. The summed E-state index contributed by atoms with van der Waals surface area (Å²) in [5, 5.41) is 23.4. The number of rotatable bonds is 70. The Kier molecular flexibility index (Phi) is 69.9. The van der Waals surface area contributed by atoms with E-state index in [-0.39, 0.29) is 18.5 Å². The van der Waals surface area contributed by atoms with E-state index in [0.29, 0.717) is 25.9 Å². The van der Waals surface area contributed by atoms with E-state index in [1.807, 2.05) is 0 Å². The van der Waals surface area contributed by atoms with Gasteiger partial charge in [0.25, 0.3) is 0 Å². The van der Waals surface area contributed by atoms with Crippen LogP contribution in [0.25, 0.3) is 0 Å². The van der Waals surface area contributed by atoms with Crippen molar-refractivity contribution in [2.45, 2.75) is 424 Å². The van der Waals surface area contributed by atoms with Crippen molar-refractivity contribution in [3.63, 3.8) is 0 Å². The van der Waals surface area contributed by atoms with Crippen LogP contribution in [0.2, 0.25) is 0 Å². The largest absolute Gasteiger partial charge is 0.466 e. The van der Waals surface area contributed by atoms with Gasteiger partial charge in [0.1, 0.15) is 0 Å². The molecule has 0 aromatic carbocycles. The van der Waals surface area contributed by atoms with Gasteiger partial charge in [-0.1, -0.05) is 352 Å². The lowest BCUT2D eigenvalue weighted by atomic mass is 10.0. The number of aliphatic hydroxyl groups is 2. The highest BCUT2D eigenvalue weighted by Gasteiger charge is 2.20. The normalized spacial score (nSPS) is 12.7. The molecule has 0 aromatic heterocycles. The molecule has 6 nitrogen and oxygen atoms in total. The van der Waals surface area contributed by atoms with Crippen LogP contribution in [0, 0.1) is 0 Å². The van der Waals surface area contributed by atoms with Crippen molar-refractivity contribution in [3.05, 3.63) is 36.5 Å². The van der Waals surface area contributed by atoms with Crippen LogP contribution in [0.1, 0.15) is 412 Å². The maximum atomic E-state index is 12.5. The number of amides is 1. The number of ether oxygens (including phenoxy) is 1. The highest BCUT2D eigenvalue weighted by atomic mass is 16.5. The van der Waals surface area contributed by atoms with Gasteiger partial charge in [-0.3, -0.25) is 9.59 Å². The Labute approximate surface area is 513 Å². The lowest BCUT2D eigenvalue weighted by Crippen LogP contribution is -2.45. The lowest BCUT2D eigenvalue weighted by Gasteiger charge is -2.22. The second-order valence-electron chi connectivity index (χ2n) is 25.6. The Morgan fingerprint density at radius 2 is 0.610 bits per heavy atom. The summed E-state index contributed by atoms with van der Waals surface area (Å²) in [6, 6.07) is -0.540. The summed E-state index contributed by atoms with van der Waals surface area (Å²) < 4.78 is 5.50. The van der Waals surface area contributed by atoms with Crippen molar-refractivity contribution in [2.75, 3.05) is 13.2 Å². The van der Waals surface area contributed by atoms with Crippen molar-refractivity contribution in [2.24, 2.45) is 0 Å². The van der Waals surface area contributed by atoms with Crippen LogP contribution >= 0.6 is 0 Å². The Bertz CT molecular complexity index is 1330. The van der Waals surface area contributed by atoms with Crippen molar-refractivity contribution < 1.29 is 24.5 Å². The van der Waals surface area contributed by atoms with E-state index in [1.54, 1.807) is 0 Å². The van der Waals surface area contributed by atoms with Crippen molar-refractivity contribution in [1.29, 1.82) is 0 Å². The summed E-state index contributed by atoms with van der Waals surface area (Å²) >= 11 is 0. The van der Waals surface area contributed by atoms with Crippen LogP contribution in [-0.4, -0.2) is 47.4 Å². The predicted molar refractivity (Wildman–Crippen MR) is 361 cm³/mol. The van der Waals surface area contributed by atoms with Crippen molar-refractivity contribution in [1.82, 2.24) is 5.32 Å². The number of carbonyl (C=O) groups is 2. The first-order valence-corrected chi connectivity index (χ1v) is 37.2. The highest BCUT2D eigenvalue weighted by Crippen LogP contribution is 2.19. The van der Waals surface area contributed by atoms with Gasteiger partial charge in [-0.2, -0.15) is 0 Å². The van der Waals surface area contributed by atoms with E-state index in [1.165, 1.54) is 327 Å². The molecule has 6 heteroatoms. The van der Waals surface area contributed by atoms with Gasteiger partial charge in [-0.15, -0.1) is 0 Å². The number of unbranched alkanes of at least 4 members (excludes halogenated alkanes) is 53. The molecule has 0 heterocycles. The fraction of sp³-hybridized carbons (Fsp3) is 0.895. The average Bonchev–Trinajstić information content (AvgIpc) is 3.48. The van der Waals surface area contributed by atoms with Crippen LogP contribution in [0.5, 0.6) is 0 Å². The Balaban J connectivity index is 3.35. The first-order valence-electron chi connectivity index (χ1n) is 37.2. The maximum absolute atomic E-state index is 12.5. The molecule has 3 N–H and O–H groups in total. The number of esters is 1. The molecule has 82 heavy (non-hydrogen) atoms. The first kappa shape index (κ1) is 80.1. The minimum absolute atomic E-state index is 0.0109. The third-order valence-corrected chi connectivity index (χ3v) is 17.4. The summed E-state index contributed by atoms with van der Waals surface area (Å²) in [7, 11) is 0. The van der Waals surface area contributed by atoms with Gasteiger partial charge in [0.15, 0.2) is 0 Å². The Morgan fingerprint density at radius 3 is 0.963 bits per heavy atom. The van der Waals surface area contributed by atoms with Gasteiger partial charge in [0.2, 0.25) is 5.91 Å². The van der Waals surface area contributed by atoms with Gasteiger partial charge in [0.05, 0.1) is 25.4 Å². The van der Waals surface area contributed by atoms with Gasteiger partial charge in [-0.25, -0.2) is 0 Å². The van der Waals surface area contributed by atoms with Crippen LogP contribution in [0.15, 0.2) is 36.5 Å². The summed E-state index contributed by atoms with van der Waals surface area (Å²) in [5.74, 6) is -0.0182. The molecule has 2 unspecified atom stereocenters. The summed E-state index contributed by atoms with van der Waals surface area (Å²) in [6.45, 7) is 4.96. The molecule has 0 aliphatic carbocycles. The molecule has 0 spiro atoms. The summed E-state index contributed by atoms with van der Waals surface area (Å²) in [4.78, 5) is 24.6. The molecular formula is C76H145NO5. The van der Waals surface area contributed by atoms with Gasteiger partial charge in [-0.05, 0) is 83.5 Å². The van der Waals surface area contributed by atoms with Crippen molar-refractivity contribution >= 4 is 11.9 Å². The Morgan fingerprint density at radius 1 is 0.341 bits per heavy atom. The average molecular weight is 1150 g/mol. The van der Waals surface area contributed by atoms with E-state index >= 15 is 0 Å². The second-order valence-corrected chi connectivity index (χ2v) is 25.6. The molecule has 0 saturated carbocycles. The Hall–Kier alpha value is -1.92. The summed E-state index contributed by atoms with van der Waals surface area (Å²) in [6.07, 6.45) is 92.1. The number of nitrogens with one attached hydrogen (secondary N) is 1. The zero-order chi connectivity index (χ0) is 59.2. The van der Waals surface area contributed by atoms with Gasteiger partial charge in [0, 0.05) is 12.8 Å². The second kappa shape index (κ2) is 71.6. The monoisotopic (exact) mass is 1150 g/mol. The molecule has 0 fully saturated rings. The predicted octanol–water partition coefficient (Wildman–Crippen LogP) is 24.3. The number of aliphatic hydroxyl groups excluding tert-OH is 2. The van der Waals surface area contributed by atoms with Crippen LogP contribution in [-0.2, 0) is 14.3 Å². The fourth-order valence-electron chi connectivity index (χ4n) is 11.7. The minimum Gasteiger partial charge on any atom is -0.466 e. The summed E-state index contributed by atoms with van der Waals surface area (Å²) in [5.41, 5.74) is 0. The molecule has 1 amide bonds. The minimum atomic E-state index is -0.663. The molecule has 0 aliphatic heterocycles. The van der Waals surface area contributed by atoms with Crippen LogP contribution in [0.4, 0.5) is 0 Å². The maximum Gasteiger partial charge on any atom is 0.305 e. The van der Waals surface area contributed by atoms with Crippen molar-refractivity contribution in [3.8, 4) is 0 Å². The van der Waals surface area contributed by atoms with E-state index in [9.17, 15) is 19.8 Å². The number of carbonyl (C=O) groups excluding carboxylic acids is 2. The van der Waals surface area contributed by atoms with E-state index in [4.69, 9.17) is 4.74 Å². The fourth-order valence-corrected chi connectivity index (χ4v) is 11.7. The molecule has 0 aromatic rings. The van der Waals surface area contributed by atoms with E-state index in [0.717, 1.165) is 51.4 Å². The molecule has 0 radical (unpaired) electrons.